The molecule has 2 aromatic rings. The van der Waals surface area contributed by atoms with Crippen molar-refractivity contribution >= 4 is 40.9 Å². The Hall–Kier alpha value is -2.87. The molecule has 0 unspecified atom stereocenters. The van der Waals surface area contributed by atoms with Crippen LogP contribution in [0.15, 0.2) is 34.9 Å². The lowest BCUT2D eigenvalue weighted by Crippen LogP contribution is -2.21. The predicted octanol–water partition coefficient (Wildman–Crippen LogP) is 2.93. The van der Waals surface area contributed by atoms with E-state index in [1.165, 1.54) is 6.07 Å². The van der Waals surface area contributed by atoms with Gasteiger partial charge in [-0.05, 0) is 31.5 Å². The molecule has 2 rings (SSSR count). The Morgan fingerprint density at radius 1 is 1.15 bits per heavy atom. The number of carbonyl (C=O) groups is 3. The van der Waals surface area contributed by atoms with Crippen LogP contribution in [-0.4, -0.2) is 29.5 Å². The number of anilines is 2. The third kappa shape index (κ3) is 6.94. The van der Waals surface area contributed by atoms with E-state index in [4.69, 9.17) is 20.9 Å². The molecule has 1 aromatic heterocycles. The normalized spacial score (nSPS) is 10.2. The second-order valence-electron chi connectivity index (χ2n) is 5.44. The minimum atomic E-state index is -0.563. The summed E-state index contributed by atoms with van der Waals surface area (Å²) >= 11 is 5.83. The van der Waals surface area contributed by atoms with Crippen molar-refractivity contribution in [1.82, 2.24) is 5.16 Å². The standard InChI is InChI=1S/C17H18ClN3O5/c1-11-8-14(21-26-11)20-16(23)10-25-17(24)7-3-6-15(22)19-13-5-2-4-12(18)9-13/h2,4-5,8-9H,3,6-7,10H2,1H3,(H,19,22)(H,20,21,23). The number of esters is 1. The molecule has 1 aromatic carbocycles. The number of aryl methyl sites for hydroxylation is 1. The van der Waals surface area contributed by atoms with E-state index in [-0.39, 0.29) is 24.6 Å². The number of ether oxygens (including phenoxy) is 1. The van der Waals surface area contributed by atoms with E-state index in [1.54, 1.807) is 31.2 Å². The summed E-state index contributed by atoms with van der Waals surface area (Å²) in [5.41, 5.74) is 0.588. The number of carbonyl (C=O) groups excluding carboxylic acids is 3. The minimum absolute atomic E-state index is 0.0271. The zero-order chi connectivity index (χ0) is 18.9. The largest absolute Gasteiger partial charge is 0.456 e. The summed E-state index contributed by atoms with van der Waals surface area (Å²) in [7, 11) is 0. The van der Waals surface area contributed by atoms with Crippen molar-refractivity contribution in [3.8, 4) is 0 Å². The van der Waals surface area contributed by atoms with Crippen LogP contribution in [0.1, 0.15) is 25.0 Å². The lowest BCUT2D eigenvalue weighted by Gasteiger charge is -2.06. The molecule has 0 spiro atoms. The molecule has 1 heterocycles. The smallest absolute Gasteiger partial charge is 0.306 e. The fraction of sp³-hybridized carbons (Fsp3) is 0.294. The fourth-order valence-electron chi connectivity index (χ4n) is 2.01. The van der Waals surface area contributed by atoms with Gasteiger partial charge < -0.3 is 19.9 Å². The topological polar surface area (TPSA) is 111 Å². The average molecular weight is 380 g/mol. The van der Waals surface area contributed by atoms with Crippen LogP contribution in [0.25, 0.3) is 0 Å². The summed E-state index contributed by atoms with van der Waals surface area (Å²) < 4.78 is 9.64. The first-order valence-corrected chi connectivity index (χ1v) is 8.24. The van der Waals surface area contributed by atoms with Crippen molar-refractivity contribution in [2.75, 3.05) is 17.2 Å². The Morgan fingerprint density at radius 3 is 2.65 bits per heavy atom. The van der Waals surface area contributed by atoms with Crippen LogP contribution in [0, 0.1) is 6.92 Å². The maximum atomic E-state index is 11.8. The highest BCUT2D eigenvalue weighted by molar-refractivity contribution is 6.30. The molecule has 0 aliphatic heterocycles. The highest BCUT2D eigenvalue weighted by Gasteiger charge is 2.11. The van der Waals surface area contributed by atoms with Gasteiger partial charge in [0.2, 0.25) is 5.91 Å². The van der Waals surface area contributed by atoms with Gasteiger partial charge in [-0.25, -0.2) is 0 Å². The van der Waals surface area contributed by atoms with Crippen LogP contribution in [0.2, 0.25) is 5.02 Å². The first-order valence-electron chi connectivity index (χ1n) is 7.86. The monoisotopic (exact) mass is 379 g/mol. The number of nitrogens with zero attached hydrogens (tertiary/aromatic N) is 1. The maximum absolute atomic E-state index is 11.8. The van der Waals surface area contributed by atoms with E-state index in [9.17, 15) is 14.4 Å². The van der Waals surface area contributed by atoms with Gasteiger partial charge in [0.1, 0.15) is 5.76 Å². The molecule has 2 amide bonds. The highest BCUT2D eigenvalue weighted by Crippen LogP contribution is 2.15. The third-order valence-corrected chi connectivity index (χ3v) is 3.39. The van der Waals surface area contributed by atoms with Gasteiger partial charge in [0.15, 0.2) is 12.4 Å². The lowest BCUT2D eigenvalue weighted by molar-refractivity contribution is -0.147. The number of aromatic nitrogens is 1. The van der Waals surface area contributed by atoms with E-state index < -0.39 is 18.5 Å². The number of rotatable bonds is 8. The molecule has 0 aliphatic carbocycles. The second kappa shape index (κ2) is 9.57. The van der Waals surface area contributed by atoms with Crippen LogP contribution >= 0.6 is 11.6 Å². The van der Waals surface area contributed by atoms with Crippen LogP contribution in [0.4, 0.5) is 11.5 Å². The molecule has 0 bridgehead atoms. The van der Waals surface area contributed by atoms with Crippen molar-refractivity contribution in [3.63, 3.8) is 0 Å². The summed E-state index contributed by atoms with van der Waals surface area (Å²) in [6.45, 7) is 1.25. The molecule has 26 heavy (non-hydrogen) atoms. The van der Waals surface area contributed by atoms with Gasteiger partial charge >= 0.3 is 5.97 Å². The number of hydrogen-bond donors (Lipinski definition) is 2. The van der Waals surface area contributed by atoms with E-state index in [1.807, 2.05) is 0 Å². The van der Waals surface area contributed by atoms with Crippen molar-refractivity contribution < 1.29 is 23.6 Å². The van der Waals surface area contributed by atoms with Crippen molar-refractivity contribution in [3.05, 3.63) is 41.1 Å². The van der Waals surface area contributed by atoms with E-state index in [0.717, 1.165) is 0 Å². The van der Waals surface area contributed by atoms with Crippen molar-refractivity contribution in [2.24, 2.45) is 0 Å². The summed E-state index contributed by atoms with van der Waals surface area (Å²) in [6, 6.07) is 8.31. The van der Waals surface area contributed by atoms with Crippen molar-refractivity contribution in [2.45, 2.75) is 26.2 Å². The van der Waals surface area contributed by atoms with E-state index in [2.05, 4.69) is 15.8 Å². The highest BCUT2D eigenvalue weighted by atomic mass is 35.5. The molecule has 2 N–H and O–H groups in total. The van der Waals surface area contributed by atoms with E-state index >= 15 is 0 Å². The van der Waals surface area contributed by atoms with Crippen LogP contribution in [-0.2, 0) is 19.1 Å². The van der Waals surface area contributed by atoms with Crippen molar-refractivity contribution in [1.29, 1.82) is 0 Å². The lowest BCUT2D eigenvalue weighted by atomic mass is 10.2. The zero-order valence-electron chi connectivity index (χ0n) is 14.1. The Bertz CT molecular complexity index is 790. The molecular formula is C17H18ClN3O5. The number of halogens is 1. The number of nitrogens with one attached hydrogen (secondary N) is 2. The molecule has 9 heteroatoms. The van der Waals surface area contributed by atoms with Gasteiger partial charge in [-0.15, -0.1) is 0 Å². The summed E-state index contributed by atoms with van der Waals surface area (Å²) in [5.74, 6) is -0.522. The molecule has 8 nitrogen and oxygen atoms in total. The molecule has 138 valence electrons. The summed E-state index contributed by atoms with van der Waals surface area (Å²) in [6.07, 6.45) is 0.473. The molecule has 0 saturated carbocycles. The quantitative estimate of drug-likeness (QED) is 0.682. The molecule has 0 aliphatic rings. The summed E-state index contributed by atoms with van der Waals surface area (Å²) in [5, 5.41) is 9.22. The van der Waals surface area contributed by atoms with Crippen LogP contribution in [0.5, 0.6) is 0 Å². The first kappa shape index (κ1) is 19.5. The Balaban J connectivity index is 1.61. The van der Waals surface area contributed by atoms with Crippen LogP contribution in [0.3, 0.4) is 0 Å². The molecule has 0 atom stereocenters. The van der Waals surface area contributed by atoms with Gasteiger partial charge in [-0.3, -0.25) is 14.4 Å². The van der Waals surface area contributed by atoms with Gasteiger partial charge in [0, 0.05) is 29.6 Å². The number of hydrogen-bond acceptors (Lipinski definition) is 6. The Kier molecular flexibility index (Phi) is 7.16. The fourth-order valence-corrected chi connectivity index (χ4v) is 2.20. The predicted molar refractivity (Wildman–Crippen MR) is 94.8 cm³/mol. The third-order valence-electron chi connectivity index (χ3n) is 3.15. The second-order valence-corrected chi connectivity index (χ2v) is 5.88. The molecule has 0 radical (unpaired) electrons. The van der Waals surface area contributed by atoms with Gasteiger partial charge in [-0.2, -0.15) is 0 Å². The number of amides is 2. The molecule has 0 fully saturated rings. The zero-order valence-corrected chi connectivity index (χ0v) is 14.8. The van der Waals surface area contributed by atoms with Gasteiger partial charge in [0.25, 0.3) is 5.91 Å². The Labute approximate surface area is 154 Å². The van der Waals surface area contributed by atoms with E-state index in [0.29, 0.717) is 22.9 Å². The molecular weight excluding hydrogens is 362 g/mol. The van der Waals surface area contributed by atoms with Gasteiger partial charge in [-0.1, -0.05) is 22.8 Å². The molecule has 0 saturated heterocycles. The SMILES string of the molecule is Cc1cc(NC(=O)COC(=O)CCCC(=O)Nc2cccc(Cl)c2)no1. The maximum Gasteiger partial charge on any atom is 0.306 e. The van der Waals surface area contributed by atoms with Crippen LogP contribution < -0.4 is 10.6 Å². The minimum Gasteiger partial charge on any atom is -0.456 e. The summed E-state index contributed by atoms with van der Waals surface area (Å²) in [4.78, 5) is 35.0. The van der Waals surface area contributed by atoms with Gasteiger partial charge in [0.05, 0.1) is 0 Å². The number of benzene rings is 1. The average Bonchev–Trinajstić information content (AvgIpc) is 2.98. The first-order chi connectivity index (χ1) is 12.4. The Morgan fingerprint density at radius 2 is 1.96 bits per heavy atom.